The van der Waals surface area contributed by atoms with Crippen molar-refractivity contribution in [2.45, 2.75) is 13.8 Å². The van der Waals surface area contributed by atoms with E-state index in [-0.39, 0.29) is 0 Å². The van der Waals surface area contributed by atoms with Crippen LogP contribution in [-0.4, -0.2) is 0 Å². The fraction of sp³-hybridized carbons (Fsp3) is 0.0323. The maximum absolute atomic E-state index is 6.19. The molecule has 7 aromatic carbocycles. The summed E-state index contributed by atoms with van der Waals surface area (Å²) >= 11 is 0. The third-order valence-electron chi connectivity index (χ3n) is 11.2. The van der Waals surface area contributed by atoms with Gasteiger partial charge in [0, 0.05) is 39.3 Å². The average molecular weight is 842 g/mol. The summed E-state index contributed by atoms with van der Waals surface area (Å²) < 4.78 is 11.8. The molecule has 0 aliphatic heterocycles. The first-order chi connectivity index (χ1) is 31.8. The van der Waals surface area contributed by atoms with Crippen molar-refractivity contribution >= 4 is 56.1 Å². The van der Waals surface area contributed by atoms with Gasteiger partial charge in [-0.25, -0.2) is 0 Å². The second-order valence-corrected chi connectivity index (χ2v) is 15.6. The zero-order chi connectivity index (χ0) is 45.1. The van der Waals surface area contributed by atoms with E-state index in [2.05, 4.69) is 195 Å². The van der Waals surface area contributed by atoms with E-state index in [9.17, 15) is 0 Å². The second-order valence-electron chi connectivity index (χ2n) is 15.6. The summed E-state index contributed by atoms with van der Waals surface area (Å²) in [6.07, 6.45) is 18.2. The van der Waals surface area contributed by atoms with Crippen LogP contribution < -0.4 is 10.1 Å². The van der Waals surface area contributed by atoms with Crippen LogP contribution in [-0.2, 0) is 0 Å². The number of furan rings is 1. The summed E-state index contributed by atoms with van der Waals surface area (Å²) in [5.74, 6) is 0.717. The maximum atomic E-state index is 6.19. The predicted molar refractivity (Wildman–Crippen MR) is 280 cm³/mol. The highest BCUT2D eigenvalue weighted by Crippen LogP contribution is 2.36. The summed E-state index contributed by atoms with van der Waals surface area (Å²) in [6.45, 7) is 21.1. The first kappa shape index (κ1) is 43.3. The molecule has 1 heterocycles. The van der Waals surface area contributed by atoms with Crippen molar-refractivity contribution in [1.82, 2.24) is 0 Å². The van der Waals surface area contributed by atoms with Crippen molar-refractivity contribution in [3.8, 4) is 28.0 Å². The Hall–Kier alpha value is -8.40. The van der Waals surface area contributed by atoms with Crippen molar-refractivity contribution < 1.29 is 9.15 Å². The summed E-state index contributed by atoms with van der Waals surface area (Å²) in [5, 5.41) is 5.89. The number of rotatable bonds is 16. The van der Waals surface area contributed by atoms with E-state index >= 15 is 0 Å². The highest BCUT2D eigenvalue weighted by Gasteiger charge is 2.12. The topological polar surface area (TPSA) is 34.4 Å². The molecule has 0 unspecified atom stereocenters. The second kappa shape index (κ2) is 20.2. The highest BCUT2D eigenvalue weighted by atomic mass is 16.5. The van der Waals surface area contributed by atoms with Crippen molar-refractivity contribution in [3.63, 3.8) is 0 Å². The van der Waals surface area contributed by atoms with E-state index in [0.29, 0.717) is 5.75 Å². The normalized spacial score (nSPS) is 12.1. The quantitative estimate of drug-likeness (QED) is 0.0777. The Kier molecular flexibility index (Phi) is 13.4. The first-order valence-electron chi connectivity index (χ1n) is 21.7. The minimum absolute atomic E-state index is 0.717. The van der Waals surface area contributed by atoms with Gasteiger partial charge in [-0.1, -0.05) is 178 Å². The number of hydrogen-bond donors (Lipinski definition) is 1. The Morgan fingerprint density at radius 3 is 1.86 bits per heavy atom. The summed E-state index contributed by atoms with van der Waals surface area (Å²) in [7, 11) is 0. The van der Waals surface area contributed by atoms with Crippen molar-refractivity contribution in [2.24, 2.45) is 0 Å². The number of hydrogen-bond acceptors (Lipinski definition) is 3. The largest absolute Gasteiger partial charge is 0.465 e. The van der Waals surface area contributed by atoms with Gasteiger partial charge in [-0.15, -0.1) is 0 Å². The van der Waals surface area contributed by atoms with Gasteiger partial charge in [-0.2, -0.15) is 0 Å². The van der Waals surface area contributed by atoms with Crippen LogP contribution in [0.2, 0.25) is 0 Å². The number of fused-ring (bicyclic) bond motifs is 3. The van der Waals surface area contributed by atoms with Gasteiger partial charge in [0.15, 0.2) is 0 Å². The third kappa shape index (κ3) is 9.97. The lowest BCUT2D eigenvalue weighted by molar-refractivity contribution is 0.482. The van der Waals surface area contributed by atoms with Gasteiger partial charge >= 0.3 is 0 Å². The van der Waals surface area contributed by atoms with E-state index in [1.165, 1.54) is 6.26 Å². The molecule has 1 N–H and O–H groups in total. The van der Waals surface area contributed by atoms with Gasteiger partial charge < -0.3 is 14.5 Å². The predicted octanol–water partition coefficient (Wildman–Crippen LogP) is 17.6. The Morgan fingerprint density at radius 1 is 0.554 bits per heavy atom. The van der Waals surface area contributed by atoms with Crippen LogP contribution >= 0.6 is 0 Å². The monoisotopic (exact) mass is 841 g/mol. The van der Waals surface area contributed by atoms with Crippen LogP contribution in [0.25, 0.3) is 67.0 Å². The zero-order valence-electron chi connectivity index (χ0n) is 36.9. The molecule has 0 saturated heterocycles. The molecule has 8 aromatic rings. The van der Waals surface area contributed by atoms with Gasteiger partial charge in [-0.05, 0) is 130 Å². The third-order valence-corrected chi connectivity index (χ3v) is 11.2. The summed E-state index contributed by atoms with van der Waals surface area (Å²) in [5.41, 5.74) is 16.8. The van der Waals surface area contributed by atoms with Gasteiger partial charge in [0.25, 0.3) is 0 Å². The molecule has 0 saturated carbocycles. The Morgan fingerprint density at radius 2 is 1.15 bits per heavy atom. The molecular weight excluding hydrogens is 791 g/mol. The molecule has 1 aromatic heterocycles. The van der Waals surface area contributed by atoms with Gasteiger partial charge in [0.2, 0.25) is 0 Å². The SMILES string of the molecule is C=COc1ccccc1C(=C)/C=C\c1ccccc1-c1cccc(C(/C=C\C)=C/C(=C)C(=C)/C=C(\C=C/C)c2cccc(-c3ccccc3Nc3ccc4c(c3)oc3ccccc34)c2)c1. The molecule has 3 heteroatoms. The molecule has 316 valence electrons. The zero-order valence-corrected chi connectivity index (χ0v) is 36.9. The lowest BCUT2D eigenvalue weighted by Crippen LogP contribution is -1.94. The fourth-order valence-corrected chi connectivity index (χ4v) is 8.02. The highest BCUT2D eigenvalue weighted by molar-refractivity contribution is 6.06. The Labute approximate surface area is 383 Å². The number of allylic oxidation sites excluding steroid dienone is 12. The van der Waals surface area contributed by atoms with E-state index in [0.717, 1.165) is 106 Å². The molecule has 0 radical (unpaired) electrons. The fourth-order valence-electron chi connectivity index (χ4n) is 8.02. The summed E-state index contributed by atoms with van der Waals surface area (Å²) in [4.78, 5) is 0. The standard InChI is InChI=1S/C62H51NO2/c1-7-20-47(49-23-18-25-51(40-49)55-28-11-10-22-46(55)35-34-43(4)54-27-13-16-32-60(54)64-9-3)38-44(5)45(6)39-48(21-8-2)50-24-19-26-52(41-50)56-29-12-15-31-59(56)63-53-36-37-58-57-30-14-17-33-61(57)65-62(58)42-53/h7-42,63H,3-6H2,1-2H3/b20-7-,21-8-,35-34-,47-38+,48-39+. The van der Waals surface area contributed by atoms with Crippen LogP contribution in [0.4, 0.5) is 11.4 Å². The molecule has 65 heavy (non-hydrogen) atoms. The summed E-state index contributed by atoms with van der Waals surface area (Å²) in [6, 6.07) is 56.3. The first-order valence-corrected chi connectivity index (χ1v) is 21.7. The van der Waals surface area contributed by atoms with Crippen LogP contribution in [0.1, 0.15) is 36.1 Å². The number of para-hydroxylation sites is 3. The van der Waals surface area contributed by atoms with Crippen molar-refractivity contribution in [1.29, 1.82) is 0 Å². The van der Waals surface area contributed by atoms with E-state index in [1.54, 1.807) is 0 Å². The molecule has 3 nitrogen and oxygen atoms in total. The van der Waals surface area contributed by atoms with Gasteiger partial charge in [-0.3, -0.25) is 0 Å². The van der Waals surface area contributed by atoms with Crippen LogP contribution in [0.3, 0.4) is 0 Å². The van der Waals surface area contributed by atoms with Gasteiger partial charge in [0.05, 0.1) is 6.26 Å². The van der Waals surface area contributed by atoms with Crippen LogP contribution in [0, 0.1) is 0 Å². The van der Waals surface area contributed by atoms with E-state index in [4.69, 9.17) is 9.15 Å². The number of anilines is 2. The lowest BCUT2D eigenvalue weighted by Gasteiger charge is -2.14. The Bertz CT molecular complexity index is 3250. The van der Waals surface area contributed by atoms with Gasteiger partial charge in [0.1, 0.15) is 16.9 Å². The van der Waals surface area contributed by atoms with E-state index < -0.39 is 0 Å². The molecule has 0 bridgehead atoms. The number of nitrogens with one attached hydrogen (secondary N) is 1. The van der Waals surface area contributed by atoms with E-state index in [1.807, 2.05) is 62.4 Å². The molecule has 0 aliphatic rings. The maximum Gasteiger partial charge on any atom is 0.137 e. The minimum atomic E-state index is 0.717. The smallest absolute Gasteiger partial charge is 0.137 e. The molecule has 0 aliphatic carbocycles. The molecule has 0 amide bonds. The Balaban J connectivity index is 1.03. The molecular formula is C62H51NO2. The number of ether oxygens (including phenoxy) is 1. The van der Waals surface area contributed by atoms with Crippen molar-refractivity contribution in [2.75, 3.05) is 5.32 Å². The molecule has 0 spiro atoms. The lowest BCUT2D eigenvalue weighted by atomic mass is 9.93. The molecule has 0 fully saturated rings. The molecule has 0 atom stereocenters. The minimum Gasteiger partial charge on any atom is -0.465 e. The number of benzene rings is 7. The van der Waals surface area contributed by atoms with Crippen LogP contribution in [0.5, 0.6) is 5.75 Å². The molecule has 8 rings (SSSR count). The van der Waals surface area contributed by atoms with Crippen LogP contribution in [0.15, 0.2) is 254 Å². The van der Waals surface area contributed by atoms with Crippen molar-refractivity contribution in [3.05, 3.63) is 272 Å². The average Bonchev–Trinajstić information content (AvgIpc) is 3.71.